The zero-order chi connectivity index (χ0) is 17.1. The predicted molar refractivity (Wildman–Crippen MR) is 96.4 cm³/mol. The van der Waals surface area contributed by atoms with E-state index >= 15 is 0 Å². The van der Waals surface area contributed by atoms with Gasteiger partial charge in [0.15, 0.2) is 0 Å². The fourth-order valence-electron chi connectivity index (χ4n) is 2.81. The number of amides is 1. The van der Waals surface area contributed by atoms with Gasteiger partial charge in [-0.15, -0.1) is 0 Å². The first-order valence-electron chi connectivity index (χ1n) is 7.96. The Hall–Kier alpha value is -2.88. The molecule has 0 aliphatic carbocycles. The normalized spacial score (nSPS) is 10.8. The maximum absolute atomic E-state index is 12.9. The van der Waals surface area contributed by atoms with E-state index in [-0.39, 0.29) is 11.5 Å². The molecule has 0 radical (unpaired) electrons. The summed E-state index contributed by atoms with van der Waals surface area (Å²) in [5.41, 5.74) is 1.45. The standard InChI is InChI=1S/C20H20N2O2/c1-21(2)20(24)18-14-16-10-6-7-11-17(16)19(23)22(18)13-12-15-8-4-3-5-9-15/h3-11,14H,12-13H2,1-2H3. The van der Waals surface area contributed by atoms with Crippen LogP contribution < -0.4 is 5.56 Å². The van der Waals surface area contributed by atoms with Crippen molar-refractivity contribution >= 4 is 16.7 Å². The van der Waals surface area contributed by atoms with Crippen LogP contribution in [0.15, 0.2) is 65.5 Å². The Morgan fingerprint density at radius 1 is 1.00 bits per heavy atom. The molecule has 0 saturated carbocycles. The number of aryl methyl sites for hydroxylation is 1. The van der Waals surface area contributed by atoms with Crippen molar-refractivity contribution < 1.29 is 4.79 Å². The van der Waals surface area contributed by atoms with Crippen molar-refractivity contribution in [3.05, 3.63) is 82.3 Å². The third-order valence-corrected chi connectivity index (χ3v) is 4.11. The Morgan fingerprint density at radius 2 is 1.67 bits per heavy atom. The highest BCUT2D eigenvalue weighted by Gasteiger charge is 2.16. The third-order valence-electron chi connectivity index (χ3n) is 4.11. The van der Waals surface area contributed by atoms with Gasteiger partial charge in [-0.1, -0.05) is 48.5 Å². The van der Waals surface area contributed by atoms with Crippen molar-refractivity contribution in [3.63, 3.8) is 0 Å². The van der Waals surface area contributed by atoms with Crippen molar-refractivity contribution in [3.8, 4) is 0 Å². The smallest absolute Gasteiger partial charge is 0.270 e. The summed E-state index contributed by atoms with van der Waals surface area (Å²) in [6, 6.07) is 19.2. The number of hydrogen-bond donors (Lipinski definition) is 0. The van der Waals surface area contributed by atoms with E-state index in [0.29, 0.717) is 24.0 Å². The molecule has 0 saturated heterocycles. The van der Waals surface area contributed by atoms with Crippen LogP contribution in [0.1, 0.15) is 16.1 Å². The van der Waals surface area contributed by atoms with E-state index in [2.05, 4.69) is 0 Å². The quantitative estimate of drug-likeness (QED) is 0.742. The van der Waals surface area contributed by atoms with E-state index in [1.807, 2.05) is 54.6 Å². The molecule has 0 fully saturated rings. The number of hydrogen-bond acceptors (Lipinski definition) is 2. The van der Waals surface area contributed by atoms with Gasteiger partial charge in [0.2, 0.25) is 0 Å². The molecule has 0 aliphatic rings. The highest BCUT2D eigenvalue weighted by Crippen LogP contribution is 2.14. The number of carbonyl (C=O) groups excluding carboxylic acids is 1. The summed E-state index contributed by atoms with van der Waals surface area (Å²) < 4.78 is 1.59. The van der Waals surface area contributed by atoms with Gasteiger partial charge < -0.3 is 9.47 Å². The highest BCUT2D eigenvalue weighted by atomic mass is 16.2. The lowest BCUT2D eigenvalue weighted by Gasteiger charge is -2.17. The van der Waals surface area contributed by atoms with Crippen LogP contribution >= 0.6 is 0 Å². The maximum atomic E-state index is 12.9. The lowest BCUT2D eigenvalue weighted by atomic mass is 10.1. The number of fused-ring (bicyclic) bond motifs is 1. The van der Waals surface area contributed by atoms with Crippen LogP contribution in [0.3, 0.4) is 0 Å². The van der Waals surface area contributed by atoms with E-state index in [1.165, 1.54) is 4.90 Å². The largest absolute Gasteiger partial charge is 0.343 e. The second-order valence-corrected chi connectivity index (χ2v) is 6.01. The van der Waals surface area contributed by atoms with E-state index < -0.39 is 0 Å². The fraction of sp³-hybridized carbons (Fsp3) is 0.200. The molecular formula is C20H20N2O2. The van der Waals surface area contributed by atoms with Gasteiger partial charge in [-0.25, -0.2) is 0 Å². The first kappa shape index (κ1) is 16.0. The Kier molecular flexibility index (Phi) is 4.47. The van der Waals surface area contributed by atoms with Gasteiger partial charge in [0.1, 0.15) is 5.69 Å². The molecule has 0 bridgehead atoms. The minimum atomic E-state index is -0.161. The van der Waals surface area contributed by atoms with Crippen molar-refractivity contribution in [1.29, 1.82) is 0 Å². The maximum Gasteiger partial charge on any atom is 0.270 e. The van der Waals surface area contributed by atoms with Gasteiger partial charge in [-0.3, -0.25) is 9.59 Å². The molecule has 4 heteroatoms. The van der Waals surface area contributed by atoms with Crippen LogP contribution in [0.25, 0.3) is 10.8 Å². The Labute approximate surface area is 141 Å². The molecule has 3 aromatic rings. The number of rotatable bonds is 4. The molecule has 0 atom stereocenters. The minimum Gasteiger partial charge on any atom is -0.343 e. The zero-order valence-corrected chi connectivity index (χ0v) is 13.9. The van der Waals surface area contributed by atoms with E-state index in [9.17, 15) is 9.59 Å². The first-order valence-corrected chi connectivity index (χ1v) is 7.96. The van der Waals surface area contributed by atoms with Crippen LogP contribution in [-0.2, 0) is 13.0 Å². The van der Waals surface area contributed by atoms with Crippen LogP contribution in [0, 0.1) is 0 Å². The van der Waals surface area contributed by atoms with E-state index in [1.54, 1.807) is 24.7 Å². The summed E-state index contributed by atoms with van der Waals surface area (Å²) in [4.78, 5) is 26.9. The number of nitrogens with zero attached hydrogens (tertiary/aromatic N) is 2. The lowest BCUT2D eigenvalue weighted by Crippen LogP contribution is -2.32. The zero-order valence-electron chi connectivity index (χ0n) is 13.9. The van der Waals surface area contributed by atoms with Gasteiger partial charge in [0.05, 0.1) is 0 Å². The van der Waals surface area contributed by atoms with Crippen LogP contribution in [0.4, 0.5) is 0 Å². The monoisotopic (exact) mass is 320 g/mol. The topological polar surface area (TPSA) is 42.3 Å². The molecule has 24 heavy (non-hydrogen) atoms. The number of benzene rings is 2. The summed E-state index contributed by atoms with van der Waals surface area (Å²) in [6.45, 7) is 0.475. The fourth-order valence-corrected chi connectivity index (χ4v) is 2.81. The Bertz CT molecular complexity index is 927. The molecular weight excluding hydrogens is 300 g/mol. The molecule has 4 nitrogen and oxygen atoms in total. The van der Waals surface area contributed by atoms with Crippen LogP contribution in [0.5, 0.6) is 0 Å². The molecule has 2 aromatic carbocycles. The van der Waals surface area contributed by atoms with Crippen molar-refractivity contribution in [1.82, 2.24) is 9.47 Å². The minimum absolute atomic E-state index is 0.116. The van der Waals surface area contributed by atoms with Gasteiger partial charge >= 0.3 is 0 Å². The number of pyridine rings is 1. The summed E-state index contributed by atoms with van der Waals surface area (Å²) in [5, 5.41) is 1.43. The summed E-state index contributed by atoms with van der Waals surface area (Å²) >= 11 is 0. The average molecular weight is 320 g/mol. The Balaban J connectivity index is 2.09. The molecule has 0 N–H and O–H groups in total. The van der Waals surface area contributed by atoms with Gasteiger partial charge in [0.25, 0.3) is 11.5 Å². The SMILES string of the molecule is CN(C)C(=O)c1cc2ccccc2c(=O)n1CCc1ccccc1. The molecule has 3 rings (SSSR count). The molecule has 0 spiro atoms. The second-order valence-electron chi connectivity index (χ2n) is 6.01. The molecule has 1 aromatic heterocycles. The van der Waals surface area contributed by atoms with E-state index in [4.69, 9.17) is 0 Å². The first-order chi connectivity index (χ1) is 11.6. The van der Waals surface area contributed by atoms with E-state index in [0.717, 1.165) is 10.9 Å². The highest BCUT2D eigenvalue weighted by molar-refractivity contribution is 5.96. The van der Waals surface area contributed by atoms with Crippen LogP contribution in [0.2, 0.25) is 0 Å². The van der Waals surface area contributed by atoms with Crippen LogP contribution in [-0.4, -0.2) is 29.5 Å². The van der Waals surface area contributed by atoms with Crippen molar-refractivity contribution in [2.45, 2.75) is 13.0 Å². The lowest BCUT2D eigenvalue weighted by molar-refractivity contribution is 0.0815. The second kappa shape index (κ2) is 6.71. The van der Waals surface area contributed by atoms with Gasteiger partial charge in [-0.05, 0) is 29.5 Å². The van der Waals surface area contributed by atoms with Gasteiger partial charge in [-0.2, -0.15) is 0 Å². The third kappa shape index (κ3) is 3.08. The molecule has 122 valence electrons. The summed E-state index contributed by atoms with van der Waals surface area (Å²) in [7, 11) is 3.40. The molecule has 1 amide bonds. The van der Waals surface area contributed by atoms with Gasteiger partial charge in [0, 0.05) is 26.0 Å². The predicted octanol–water partition coefficient (Wildman–Crippen LogP) is 2.95. The molecule has 0 unspecified atom stereocenters. The molecule has 0 aliphatic heterocycles. The number of aromatic nitrogens is 1. The summed E-state index contributed by atoms with van der Waals surface area (Å²) in [6.07, 6.45) is 0.701. The molecule has 1 heterocycles. The van der Waals surface area contributed by atoms with Crippen molar-refractivity contribution in [2.24, 2.45) is 0 Å². The number of carbonyl (C=O) groups is 1. The average Bonchev–Trinajstić information content (AvgIpc) is 2.61. The Morgan fingerprint density at radius 3 is 2.38 bits per heavy atom. The summed E-state index contributed by atoms with van der Waals surface area (Å²) in [5.74, 6) is -0.161. The van der Waals surface area contributed by atoms with Crippen molar-refractivity contribution in [2.75, 3.05) is 14.1 Å².